The fourth-order valence-corrected chi connectivity index (χ4v) is 3.68. The first-order chi connectivity index (χ1) is 14.9. The number of aliphatic hydroxyl groups is 1. The molecule has 31 heavy (non-hydrogen) atoms. The number of para-hydroxylation sites is 1. The molecule has 1 amide bonds. The van der Waals surface area contributed by atoms with Gasteiger partial charge in [0.1, 0.15) is 5.76 Å². The fourth-order valence-electron chi connectivity index (χ4n) is 3.68. The third kappa shape index (κ3) is 3.57. The third-order valence-electron chi connectivity index (χ3n) is 5.20. The Kier molecular flexibility index (Phi) is 5.09. The number of hydrogen-bond acceptors (Lipinski definition) is 5. The van der Waals surface area contributed by atoms with E-state index in [2.05, 4.69) is 0 Å². The molecule has 1 saturated heterocycles. The Hall–Kier alpha value is -4.26. The summed E-state index contributed by atoms with van der Waals surface area (Å²) in [6, 6.07) is 20.2. The van der Waals surface area contributed by atoms with Crippen molar-refractivity contribution in [3.05, 3.63) is 111 Å². The normalized spacial score (nSPS) is 17.7. The fraction of sp³-hybridized carbons (Fsp3) is 0.0833. The van der Waals surface area contributed by atoms with E-state index in [1.807, 2.05) is 6.92 Å². The number of non-ortho nitro benzene ring substituents is 1. The van der Waals surface area contributed by atoms with Crippen LogP contribution in [0.25, 0.3) is 5.76 Å². The van der Waals surface area contributed by atoms with Crippen molar-refractivity contribution in [3.8, 4) is 0 Å². The molecule has 154 valence electrons. The molecule has 0 aromatic heterocycles. The van der Waals surface area contributed by atoms with Gasteiger partial charge in [-0.1, -0.05) is 60.2 Å². The largest absolute Gasteiger partial charge is 0.507 e. The lowest BCUT2D eigenvalue weighted by molar-refractivity contribution is -0.384. The maximum atomic E-state index is 13.0. The number of rotatable bonds is 4. The highest BCUT2D eigenvalue weighted by Crippen LogP contribution is 2.42. The van der Waals surface area contributed by atoms with Crippen LogP contribution in [0.1, 0.15) is 22.7 Å². The number of aliphatic hydroxyl groups excluding tert-OH is 1. The summed E-state index contributed by atoms with van der Waals surface area (Å²) in [6.45, 7) is 1.89. The summed E-state index contributed by atoms with van der Waals surface area (Å²) < 4.78 is 0. The van der Waals surface area contributed by atoms with Crippen molar-refractivity contribution in [1.29, 1.82) is 0 Å². The van der Waals surface area contributed by atoms with E-state index in [1.165, 1.54) is 23.1 Å². The molecule has 1 unspecified atom stereocenters. The summed E-state index contributed by atoms with van der Waals surface area (Å²) in [4.78, 5) is 38.1. The van der Waals surface area contributed by atoms with Gasteiger partial charge in [0.25, 0.3) is 17.4 Å². The van der Waals surface area contributed by atoms with Gasteiger partial charge in [-0.2, -0.15) is 0 Å². The first-order valence-electron chi connectivity index (χ1n) is 9.56. The van der Waals surface area contributed by atoms with Gasteiger partial charge in [0.15, 0.2) is 0 Å². The smallest absolute Gasteiger partial charge is 0.300 e. The van der Waals surface area contributed by atoms with Gasteiger partial charge in [0.2, 0.25) is 0 Å². The molecule has 0 aliphatic carbocycles. The number of nitro benzene ring substituents is 1. The second-order valence-electron chi connectivity index (χ2n) is 7.22. The molecule has 0 bridgehead atoms. The number of carbonyl (C=O) groups is 2. The molecule has 1 aliphatic heterocycles. The summed E-state index contributed by atoms with van der Waals surface area (Å²) in [5, 5.41) is 22.3. The van der Waals surface area contributed by atoms with E-state index in [4.69, 9.17) is 0 Å². The van der Waals surface area contributed by atoms with Gasteiger partial charge in [-0.3, -0.25) is 24.6 Å². The van der Waals surface area contributed by atoms with Crippen LogP contribution < -0.4 is 4.90 Å². The van der Waals surface area contributed by atoms with Crippen molar-refractivity contribution >= 4 is 28.8 Å². The predicted octanol–water partition coefficient (Wildman–Crippen LogP) is 4.53. The average Bonchev–Trinajstić information content (AvgIpc) is 3.05. The maximum Gasteiger partial charge on any atom is 0.300 e. The zero-order valence-corrected chi connectivity index (χ0v) is 16.6. The number of anilines is 1. The summed E-state index contributed by atoms with van der Waals surface area (Å²) in [5.74, 6) is -1.98. The van der Waals surface area contributed by atoms with Crippen LogP contribution >= 0.6 is 0 Å². The molecule has 3 aromatic rings. The van der Waals surface area contributed by atoms with Crippen LogP contribution in [0.2, 0.25) is 0 Å². The molecule has 1 atom stereocenters. The minimum absolute atomic E-state index is 0.113. The van der Waals surface area contributed by atoms with Crippen molar-refractivity contribution in [2.75, 3.05) is 4.90 Å². The molecule has 1 fully saturated rings. The number of aryl methyl sites for hydroxylation is 1. The highest BCUT2D eigenvalue weighted by molar-refractivity contribution is 6.51. The van der Waals surface area contributed by atoms with Crippen LogP contribution in [0.3, 0.4) is 0 Å². The molecule has 0 saturated carbocycles. The highest BCUT2D eigenvalue weighted by atomic mass is 16.6. The van der Waals surface area contributed by atoms with Crippen LogP contribution in [0, 0.1) is 17.0 Å². The molecule has 1 aliphatic rings. The van der Waals surface area contributed by atoms with Crippen molar-refractivity contribution in [2.45, 2.75) is 13.0 Å². The Labute approximate surface area is 178 Å². The van der Waals surface area contributed by atoms with Crippen LogP contribution in [0.15, 0.2) is 84.4 Å². The Balaban J connectivity index is 1.96. The van der Waals surface area contributed by atoms with E-state index in [-0.39, 0.29) is 17.0 Å². The van der Waals surface area contributed by atoms with Gasteiger partial charge in [0.05, 0.1) is 16.5 Å². The second kappa shape index (κ2) is 7.87. The first kappa shape index (κ1) is 20.0. The van der Waals surface area contributed by atoms with E-state index in [9.17, 15) is 24.8 Å². The molecule has 0 radical (unpaired) electrons. The standard InChI is InChI=1S/C24H18N2O5/c1-15-10-12-16(13-11-15)22(27)20-21(17-6-5-9-19(14-17)26(30)31)25(24(29)23(20)28)18-7-3-2-4-8-18/h2-14,21,27H,1H3. The quantitative estimate of drug-likeness (QED) is 0.222. The monoisotopic (exact) mass is 414 g/mol. The van der Waals surface area contributed by atoms with Crippen molar-refractivity contribution in [3.63, 3.8) is 0 Å². The molecule has 1 heterocycles. The van der Waals surface area contributed by atoms with Crippen LogP contribution in [0.5, 0.6) is 0 Å². The SMILES string of the molecule is Cc1ccc(C(O)=C2C(=O)C(=O)N(c3ccccc3)C2c2cccc([N+](=O)[O-])c2)cc1. The number of Topliss-reactive ketones (excluding diaryl/α,β-unsaturated/α-hetero) is 1. The maximum absolute atomic E-state index is 13.0. The van der Waals surface area contributed by atoms with Gasteiger partial charge in [-0.15, -0.1) is 0 Å². The first-order valence-corrected chi connectivity index (χ1v) is 9.56. The number of nitro groups is 1. The Bertz CT molecular complexity index is 1220. The highest BCUT2D eigenvalue weighted by Gasteiger charge is 2.47. The molecule has 1 N–H and O–H groups in total. The number of ketones is 1. The lowest BCUT2D eigenvalue weighted by atomic mass is 9.94. The Morgan fingerprint density at radius 1 is 0.968 bits per heavy atom. The topological polar surface area (TPSA) is 101 Å². The number of carbonyl (C=O) groups excluding carboxylic acids is 2. The lowest BCUT2D eigenvalue weighted by Gasteiger charge is -2.25. The number of hydrogen-bond donors (Lipinski definition) is 1. The number of nitrogens with zero attached hydrogens (tertiary/aromatic N) is 2. The molecule has 7 heteroatoms. The van der Waals surface area contributed by atoms with Crippen LogP contribution in [-0.2, 0) is 9.59 Å². The van der Waals surface area contributed by atoms with E-state index >= 15 is 0 Å². The van der Waals surface area contributed by atoms with Crippen molar-refractivity contribution in [2.24, 2.45) is 0 Å². The van der Waals surface area contributed by atoms with E-state index < -0.39 is 22.7 Å². The van der Waals surface area contributed by atoms with Crippen LogP contribution in [-0.4, -0.2) is 21.7 Å². The number of amides is 1. The summed E-state index contributed by atoms with van der Waals surface area (Å²) in [5.41, 5.74) is 1.86. The molecular formula is C24H18N2O5. The molecular weight excluding hydrogens is 396 g/mol. The summed E-state index contributed by atoms with van der Waals surface area (Å²) >= 11 is 0. The van der Waals surface area contributed by atoms with Gasteiger partial charge in [0, 0.05) is 23.4 Å². The third-order valence-corrected chi connectivity index (χ3v) is 5.20. The van der Waals surface area contributed by atoms with Crippen molar-refractivity contribution < 1.29 is 19.6 Å². The number of benzene rings is 3. The van der Waals surface area contributed by atoms with E-state index in [0.29, 0.717) is 16.8 Å². The Morgan fingerprint density at radius 3 is 2.29 bits per heavy atom. The van der Waals surface area contributed by atoms with Crippen molar-refractivity contribution in [1.82, 2.24) is 0 Å². The summed E-state index contributed by atoms with van der Waals surface area (Å²) in [7, 11) is 0. The predicted molar refractivity (Wildman–Crippen MR) is 116 cm³/mol. The van der Waals surface area contributed by atoms with Crippen LogP contribution in [0.4, 0.5) is 11.4 Å². The van der Waals surface area contributed by atoms with Gasteiger partial charge in [-0.05, 0) is 24.6 Å². The van der Waals surface area contributed by atoms with E-state index in [1.54, 1.807) is 60.7 Å². The average molecular weight is 414 g/mol. The Morgan fingerprint density at radius 2 is 1.65 bits per heavy atom. The zero-order chi connectivity index (χ0) is 22.1. The second-order valence-corrected chi connectivity index (χ2v) is 7.22. The van der Waals surface area contributed by atoms with Gasteiger partial charge in [-0.25, -0.2) is 0 Å². The summed E-state index contributed by atoms with van der Waals surface area (Å²) in [6.07, 6.45) is 0. The molecule has 0 spiro atoms. The molecule has 4 rings (SSSR count). The van der Waals surface area contributed by atoms with Gasteiger partial charge >= 0.3 is 0 Å². The minimum Gasteiger partial charge on any atom is -0.507 e. The molecule has 3 aromatic carbocycles. The molecule has 7 nitrogen and oxygen atoms in total. The minimum atomic E-state index is -1.01. The lowest BCUT2D eigenvalue weighted by Crippen LogP contribution is -2.29. The van der Waals surface area contributed by atoms with Gasteiger partial charge < -0.3 is 5.11 Å². The zero-order valence-electron chi connectivity index (χ0n) is 16.6. The van der Waals surface area contributed by atoms with E-state index in [0.717, 1.165) is 5.56 Å².